The van der Waals surface area contributed by atoms with Crippen LogP contribution < -0.4 is 0 Å². The number of fused-ring (bicyclic) bond motifs is 1. The third-order valence-electron chi connectivity index (χ3n) is 4.47. The summed E-state index contributed by atoms with van der Waals surface area (Å²) in [7, 11) is 0. The van der Waals surface area contributed by atoms with Crippen LogP contribution in [0.2, 0.25) is 0 Å². The molecule has 0 amide bonds. The number of nitrogens with zero attached hydrogens (tertiary/aromatic N) is 1. The quantitative estimate of drug-likeness (QED) is 0.538. The molecule has 2 aliphatic heterocycles. The van der Waals surface area contributed by atoms with E-state index in [2.05, 4.69) is 29.9 Å². The maximum Gasteiger partial charge on any atom is 0.0445 e. The maximum absolute atomic E-state index is 4.16. The molecule has 0 unspecified atom stereocenters. The van der Waals surface area contributed by atoms with Crippen molar-refractivity contribution < 1.29 is 0 Å². The van der Waals surface area contributed by atoms with Crippen molar-refractivity contribution >= 4 is 0 Å². The minimum absolute atomic E-state index is 0.220. The SMILES string of the molecule is C=CCC[C@@]1(C#CC)CC[C@@H]2CC(=C)CCN2C1. The zero-order valence-electron chi connectivity index (χ0n) is 11.7. The van der Waals surface area contributed by atoms with Crippen LogP contribution in [0.4, 0.5) is 0 Å². The molecule has 2 saturated heterocycles. The van der Waals surface area contributed by atoms with Gasteiger partial charge in [0.1, 0.15) is 0 Å². The van der Waals surface area contributed by atoms with E-state index in [9.17, 15) is 0 Å². The van der Waals surface area contributed by atoms with Gasteiger partial charge in [-0.3, -0.25) is 4.90 Å². The lowest BCUT2D eigenvalue weighted by Gasteiger charge is -2.47. The van der Waals surface area contributed by atoms with Gasteiger partial charge in [0, 0.05) is 24.5 Å². The van der Waals surface area contributed by atoms with Gasteiger partial charge >= 0.3 is 0 Å². The van der Waals surface area contributed by atoms with Crippen molar-refractivity contribution in [2.75, 3.05) is 13.1 Å². The molecule has 98 valence electrons. The lowest BCUT2D eigenvalue weighted by Crippen LogP contribution is -2.50. The molecule has 0 aromatic carbocycles. The molecule has 2 aliphatic rings. The minimum atomic E-state index is 0.220. The lowest BCUT2D eigenvalue weighted by atomic mass is 9.73. The smallest absolute Gasteiger partial charge is 0.0445 e. The summed E-state index contributed by atoms with van der Waals surface area (Å²) < 4.78 is 0. The van der Waals surface area contributed by atoms with Gasteiger partial charge < -0.3 is 0 Å². The molecule has 0 aliphatic carbocycles. The molecule has 2 heterocycles. The van der Waals surface area contributed by atoms with Crippen LogP contribution >= 0.6 is 0 Å². The van der Waals surface area contributed by atoms with E-state index >= 15 is 0 Å². The Morgan fingerprint density at radius 2 is 2.39 bits per heavy atom. The molecule has 2 fully saturated rings. The standard InChI is InChI=1S/C17H25N/c1-4-6-10-17(9-5-2)11-7-16-13-15(3)8-12-18(16)14-17/h4,16H,1,3,6-8,10-14H2,2H3/t16-,17+/m1/s1. The largest absolute Gasteiger partial charge is 0.298 e. The summed E-state index contributed by atoms with van der Waals surface area (Å²) in [5, 5.41) is 0. The number of piperidine rings is 2. The first-order valence-electron chi connectivity index (χ1n) is 7.14. The summed E-state index contributed by atoms with van der Waals surface area (Å²) in [5.41, 5.74) is 1.66. The first kappa shape index (κ1) is 13.4. The highest BCUT2D eigenvalue weighted by Gasteiger charge is 2.39. The third-order valence-corrected chi connectivity index (χ3v) is 4.47. The zero-order valence-corrected chi connectivity index (χ0v) is 11.7. The normalized spacial score (nSPS) is 32.3. The molecule has 0 radical (unpaired) electrons. The molecule has 0 aromatic rings. The molecule has 2 atom stereocenters. The summed E-state index contributed by atoms with van der Waals surface area (Å²) in [6.45, 7) is 12.3. The molecular formula is C17H25N. The van der Waals surface area contributed by atoms with Crippen LogP contribution in [0, 0.1) is 17.3 Å². The third kappa shape index (κ3) is 2.87. The van der Waals surface area contributed by atoms with Crippen LogP contribution in [0.1, 0.15) is 45.4 Å². The maximum atomic E-state index is 4.16. The monoisotopic (exact) mass is 243 g/mol. The molecule has 0 bridgehead atoms. The summed E-state index contributed by atoms with van der Waals surface area (Å²) in [4.78, 5) is 2.66. The van der Waals surface area contributed by atoms with Crippen LogP contribution in [0.5, 0.6) is 0 Å². The van der Waals surface area contributed by atoms with Gasteiger partial charge in [-0.2, -0.15) is 0 Å². The van der Waals surface area contributed by atoms with Gasteiger partial charge in [-0.25, -0.2) is 0 Å². The topological polar surface area (TPSA) is 3.24 Å². The van der Waals surface area contributed by atoms with Crippen molar-refractivity contribution in [3.63, 3.8) is 0 Å². The summed E-state index contributed by atoms with van der Waals surface area (Å²) in [5.74, 6) is 6.68. The zero-order chi connectivity index (χ0) is 13.0. The molecule has 1 heteroatoms. The first-order valence-corrected chi connectivity index (χ1v) is 7.14. The van der Waals surface area contributed by atoms with Gasteiger partial charge in [0.15, 0.2) is 0 Å². The molecular weight excluding hydrogens is 218 g/mol. The van der Waals surface area contributed by atoms with E-state index < -0.39 is 0 Å². The fourth-order valence-corrected chi connectivity index (χ4v) is 3.46. The average Bonchev–Trinajstić information content (AvgIpc) is 2.37. The average molecular weight is 243 g/mol. The fraction of sp³-hybridized carbons (Fsp3) is 0.647. The summed E-state index contributed by atoms with van der Waals surface area (Å²) in [6, 6.07) is 0.738. The lowest BCUT2D eigenvalue weighted by molar-refractivity contribution is 0.0586. The van der Waals surface area contributed by atoms with Crippen molar-refractivity contribution in [3.8, 4) is 11.8 Å². The van der Waals surface area contributed by atoms with Crippen LogP contribution in [-0.2, 0) is 0 Å². The highest BCUT2D eigenvalue weighted by Crippen LogP contribution is 2.40. The number of hydrogen-bond donors (Lipinski definition) is 0. The minimum Gasteiger partial charge on any atom is -0.298 e. The van der Waals surface area contributed by atoms with Gasteiger partial charge in [0.25, 0.3) is 0 Å². The molecule has 2 rings (SSSR count). The van der Waals surface area contributed by atoms with Crippen LogP contribution in [0.3, 0.4) is 0 Å². The van der Waals surface area contributed by atoms with Crippen LogP contribution in [0.15, 0.2) is 24.8 Å². The Morgan fingerprint density at radius 1 is 1.56 bits per heavy atom. The van der Waals surface area contributed by atoms with E-state index in [0.29, 0.717) is 0 Å². The Hall–Kier alpha value is -1.00. The predicted octanol–water partition coefficient (Wildman–Crippen LogP) is 3.78. The second-order valence-corrected chi connectivity index (χ2v) is 5.85. The van der Waals surface area contributed by atoms with Crippen molar-refractivity contribution in [1.82, 2.24) is 4.90 Å². The van der Waals surface area contributed by atoms with Crippen molar-refractivity contribution in [3.05, 3.63) is 24.8 Å². The van der Waals surface area contributed by atoms with Gasteiger partial charge in [0.05, 0.1) is 0 Å². The van der Waals surface area contributed by atoms with Crippen molar-refractivity contribution in [2.45, 2.75) is 51.5 Å². The second-order valence-electron chi connectivity index (χ2n) is 5.85. The molecule has 0 N–H and O–H groups in total. The molecule has 0 spiro atoms. The summed E-state index contributed by atoms with van der Waals surface area (Å²) >= 11 is 0. The van der Waals surface area contributed by atoms with Crippen molar-refractivity contribution in [1.29, 1.82) is 0 Å². The predicted molar refractivity (Wildman–Crippen MR) is 78.3 cm³/mol. The molecule has 0 saturated carbocycles. The van der Waals surface area contributed by atoms with E-state index in [1.807, 2.05) is 13.0 Å². The number of hydrogen-bond acceptors (Lipinski definition) is 1. The number of rotatable bonds is 3. The Labute approximate surface area is 112 Å². The van der Waals surface area contributed by atoms with Crippen molar-refractivity contribution in [2.24, 2.45) is 5.41 Å². The Balaban J connectivity index is 2.07. The highest BCUT2D eigenvalue weighted by atomic mass is 15.2. The highest BCUT2D eigenvalue weighted by molar-refractivity contribution is 5.16. The molecule has 18 heavy (non-hydrogen) atoms. The molecule has 1 nitrogen and oxygen atoms in total. The number of allylic oxidation sites excluding steroid dienone is 1. The van der Waals surface area contributed by atoms with Gasteiger partial charge in [-0.15, -0.1) is 12.5 Å². The Bertz CT molecular complexity index is 384. The van der Waals surface area contributed by atoms with Gasteiger partial charge in [-0.1, -0.05) is 24.1 Å². The fourth-order valence-electron chi connectivity index (χ4n) is 3.46. The van der Waals surface area contributed by atoms with E-state index in [1.165, 1.54) is 44.2 Å². The van der Waals surface area contributed by atoms with E-state index in [1.54, 1.807) is 0 Å². The Kier molecular flexibility index (Phi) is 4.30. The van der Waals surface area contributed by atoms with Gasteiger partial charge in [-0.05, 0) is 45.4 Å². The summed E-state index contributed by atoms with van der Waals surface area (Å²) in [6.07, 6.45) is 9.19. The van der Waals surface area contributed by atoms with E-state index in [4.69, 9.17) is 0 Å². The van der Waals surface area contributed by atoms with Crippen LogP contribution in [0.25, 0.3) is 0 Å². The Morgan fingerprint density at radius 3 is 3.11 bits per heavy atom. The van der Waals surface area contributed by atoms with E-state index in [0.717, 1.165) is 19.0 Å². The van der Waals surface area contributed by atoms with Gasteiger partial charge in [0.2, 0.25) is 0 Å². The van der Waals surface area contributed by atoms with E-state index in [-0.39, 0.29) is 5.41 Å². The molecule has 0 aromatic heterocycles. The van der Waals surface area contributed by atoms with Crippen LogP contribution in [-0.4, -0.2) is 24.0 Å². The first-order chi connectivity index (χ1) is 8.69. The second kappa shape index (κ2) is 5.76.